The zero-order valence-corrected chi connectivity index (χ0v) is 14.5. The van der Waals surface area contributed by atoms with Crippen molar-refractivity contribution >= 4 is 5.65 Å². The summed E-state index contributed by atoms with van der Waals surface area (Å²) in [6, 6.07) is 18.5. The molecule has 0 aliphatic heterocycles. The summed E-state index contributed by atoms with van der Waals surface area (Å²) in [6.07, 6.45) is 2.09. The maximum Gasteiger partial charge on any atom is 0.172 e. The monoisotopic (exact) mass is 329 g/mol. The van der Waals surface area contributed by atoms with E-state index >= 15 is 0 Å². The summed E-state index contributed by atoms with van der Waals surface area (Å²) in [4.78, 5) is 0. The largest absolute Gasteiger partial charge is 0.496 e. The maximum atomic E-state index is 5.48. The first-order valence-electron chi connectivity index (χ1n) is 8.23. The minimum absolute atomic E-state index is 0.777. The van der Waals surface area contributed by atoms with Gasteiger partial charge in [-0.05, 0) is 54.8 Å². The van der Waals surface area contributed by atoms with Crippen LogP contribution in [0.2, 0.25) is 0 Å². The first-order valence-corrected chi connectivity index (χ1v) is 8.23. The van der Waals surface area contributed by atoms with E-state index in [4.69, 9.17) is 4.74 Å². The Bertz CT molecular complexity index is 1070. The molecule has 2 aromatic carbocycles. The first kappa shape index (κ1) is 15.4. The van der Waals surface area contributed by atoms with Gasteiger partial charge in [-0.25, -0.2) is 0 Å². The van der Waals surface area contributed by atoms with Gasteiger partial charge in [0, 0.05) is 6.20 Å². The molecule has 0 aliphatic carbocycles. The molecule has 0 saturated carbocycles. The second-order valence-electron chi connectivity index (χ2n) is 6.19. The van der Waals surface area contributed by atoms with E-state index in [-0.39, 0.29) is 0 Å². The van der Waals surface area contributed by atoms with Gasteiger partial charge in [-0.3, -0.25) is 4.40 Å². The lowest BCUT2D eigenvalue weighted by Gasteiger charge is -2.10. The molecule has 4 rings (SSSR count). The molecule has 4 heteroatoms. The standard InChI is InChI=1S/C21H19N3O/c1-14-8-10-17(15(2)12-14)16-9-11-20-22-23-21(24(20)13-16)18-6-4-5-7-19(18)25-3/h4-13H,1-3H3. The quantitative estimate of drug-likeness (QED) is 0.547. The Morgan fingerprint density at radius 1 is 0.880 bits per heavy atom. The number of fused-ring (bicyclic) bond motifs is 1. The summed E-state index contributed by atoms with van der Waals surface area (Å²) in [5.74, 6) is 1.56. The van der Waals surface area contributed by atoms with Gasteiger partial charge in [0.1, 0.15) is 5.75 Å². The fraction of sp³-hybridized carbons (Fsp3) is 0.143. The predicted molar refractivity (Wildman–Crippen MR) is 99.9 cm³/mol. The van der Waals surface area contributed by atoms with Crippen LogP contribution >= 0.6 is 0 Å². The van der Waals surface area contributed by atoms with Gasteiger partial charge in [-0.2, -0.15) is 0 Å². The molecule has 4 aromatic rings. The van der Waals surface area contributed by atoms with Crippen LogP contribution in [-0.2, 0) is 0 Å². The van der Waals surface area contributed by atoms with Crippen molar-refractivity contribution in [3.63, 3.8) is 0 Å². The molecule has 0 spiro atoms. The molecule has 0 aliphatic rings. The SMILES string of the molecule is COc1ccccc1-c1nnc2ccc(-c3ccc(C)cc3C)cn12. The normalized spacial score (nSPS) is 11.0. The van der Waals surface area contributed by atoms with Crippen molar-refractivity contribution in [1.29, 1.82) is 0 Å². The smallest absolute Gasteiger partial charge is 0.172 e. The van der Waals surface area contributed by atoms with Gasteiger partial charge >= 0.3 is 0 Å². The summed E-state index contributed by atoms with van der Waals surface area (Å²) in [5.41, 5.74) is 6.62. The Hall–Kier alpha value is -3.14. The number of hydrogen-bond donors (Lipinski definition) is 0. The fourth-order valence-electron chi connectivity index (χ4n) is 3.20. The lowest BCUT2D eigenvalue weighted by Crippen LogP contribution is -1.94. The van der Waals surface area contributed by atoms with E-state index in [0.29, 0.717) is 0 Å². The third-order valence-corrected chi connectivity index (χ3v) is 4.44. The van der Waals surface area contributed by atoms with Crippen LogP contribution in [0.15, 0.2) is 60.8 Å². The Balaban J connectivity index is 1.91. The van der Waals surface area contributed by atoms with Crippen LogP contribution in [0.3, 0.4) is 0 Å². The van der Waals surface area contributed by atoms with Crippen LogP contribution in [0.1, 0.15) is 11.1 Å². The van der Waals surface area contributed by atoms with Crippen LogP contribution in [0, 0.1) is 13.8 Å². The summed E-state index contributed by atoms with van der Waals surface area (Å²) < 4.78 is 7.50. The van der Waals surface area contributed by atoms with E-state index in [1.54, 1.807) is 7.11 Å². The fourth-order valence-corrected chi connectivity index (χ4v) is 3.20. The van der Waals surface area contributed by atoms with E-state index in [1.807, 2.05) is 34.7 Å². The number of rotatable bonds is 3. The third-order valence-electron chi connectivity index (χ3n) is 4.44. The highest BCUT2D eigenvalue weighted by atomic mass is 16.5. The molecule has 124 valence electrons. The van der Waals surface area contributed by atoms with Crippen LogP contribution in [0.25, 0.3) is 28.2 Å². The molecule has 0 unspecified atom stereocenters. The molecule has 2 aromatic heterocycles. The Labute approximate surface area is 146 Å². The molecule has 0 fully saturated rings. The molecule has 0 saturated heterocycles. The Morgan fingerprint density at radius 3 is 2.52 bits per heavy atom. The van der Waals surface area contributed by atoms with Gasteiger partial charge in [0.15, 0.2) is 11.5 Å². The maximum absolute atomic E-state index is 5.48. The van der Waals surface area contributed by atoms with E-state index in [2.05, 4.69) is 54.5 Å². The van der Waals surface area contributed by atoms with Crippen LogP contribution in [0.4, 0.5) is 0 Å². The number of aromatic nitrogens is 3. The van der Waals surface area contributed by atoms with Crippen molar-refractivity contribution in [2.45, 2.75) is 13.8 Å². The lowest BCUT2D eigenvalue weighted by molar-refractivity contribution is 0.416. The number of nitrogens with zero attached hydrogens (tertiary/aromatic N) is 3. The minimum atomic E-state index is 0.777. The van der Waals surface area contributed by atoms with Gasteiger partial charge in [0.2, 0.25) is 0 Å². The van der Waals surface area contributed by atoms with Crippen molar-refractivity contribution in [3.8, 4) is 28.3 Å². The summed E-state index contributed by atoms with van der Waals surface area (Å²) in [5, 5.41) is 8.68. The van der Waals surface area contributed by atoms with Crippen molar-refractivity contribution in [3.05, 3.63) is 71.9 Å². The summed E-state index contributed by atoms with van der Waals surface area (Å²) in [6.45, 7) is 4.25. The zero-order chi connectivity index (χ0) is 17.4. The van der Waals surface area contributed by atoms with Gasteiger partial charge in [0.25, 0.3) is 0 Å². The van der Waals surface area contributed by atoms with Crippen LogP contribution in [0.5, 0.6) is 5.75 Å². The van der Waals surface area contributed by atoms with Gasteiger partial charge in [-0.15, -0.1) is 10.2 Å². The highest BCUT2D eigenvalue weighted by Crippen LogP contribution is 2.30. The molecule has 0 radical (unpaired) electrons. The van der Waals surface area contributed by atoms with Gasteiger partial charge < -0.3 is 4.74 Å². The van der Waals surface area contributed by atoms with E-state index < -0.39 is 0 Å². The third kappa shape index (κ3) is 2.66. The number of para-hydroxylation sites is 1. The van der Waals surface area contributed by atoms with Crippen LogP contribution < -0.4 is 4.74 Å². The van der Waals surface area contributed by atoms with Crippen molar-refractivity contribution in [2.75, 3.05) is 7.11 Å². The summed E-state index contributed by atoms with van der Waals surface area (Å²) >= 11 is 0. The average molecular weight is 329 g/mol. The molecule has 0 N–H and O–H groups in total. The summed E-state index contributed by atoms with van der Waals surface area (Å²) in [7, 11) is 1.67. The number of benzene rings is 2. The molecule has 0 atom stereocenters. The molecular weight excluding hydrogens is 310 g/mol. The van der Waals surface area contributed by atoms with Crippen molar-refractivity contribution < 1.29 is 4.74 Å². The molecule has 0 amide bonds. The number of ether oxygens (including phenoxy) is 1. The van der Waals surface area contributed by atoms with Crippen molar-refractivity contribution in [1.82, 2.24) is 14.6 Å². The Morgan fingerprint density at radius 2 is 1.72 bits per heavy atom. The predicted octanol–water partition coefficient (Wildman–Crippen LogP) is 4.69. The van der Waals surface area contributed by atoms with Gasteiger partial charge in [-0.1, -0.05) is 35.9 Å². The zero-order valence-electron chi connectivity index (χ0n) is 14.5. The van der Waals surface area contributed by atoms with Crippen LogP contribution in [-0.4, -0.2) is 21.7 Å². The highest BCUT2D eigenvalue weighted by molar-refractivity contribution is 5.71. The molecular formula is C21H19N3O. The molecule has 0 bridgehead atoms. The molecule has 2 heterocycles. The minimum Gasteiger partial charge on any atom is -0.496 e. The number of pyridine rings is 1. The van der Waals surface area contributed by atoms with Crippen molar-refractivity contribution in [2.24, 2.45) is 0 Å². The van der Waals surface area contributed by atoms with E-state index in [1.165, 1.54) is 16.7 Å². The topological polar surface area (TPSA) is 39.4 Å². The van der Waals surface area contributed by atoms with E-state index in [0.717, 1.165) is 28.3 Å². The molecule has 25 heavy (non-hydrogen) atoms. The lowest BCUT2D eigenvalue weighted by atomic mass is 10.00. The second-order valence-corrected chi connectivity index (χ2v) is 6.19. The Kier molecular flexibility index (Phi) is 3.73. The first-order chi connectivity index (χ1) is 12.2. The number of hydrogen-bond acceptors (Lipinski definition) is 3. The van der Waals surface area contributed by atoms with Gasteiger partial charge in [0.05, 0.1) is 12.7 Å². The van der Waals surface area contributed by atoms with E-state index in [9.17, 15) is 0 Å². The average Bonchev–Trinajstić information content (AvgIpc) is 3.04. The number of aryl methyl sites for hydroxylation is 2. The highest BCUT2D eigenvalue weighted by Gasteiger charge is 2.13. The molecule has 4 nitrogen and oxygen atoms in total. The number of methoxy groups -OCH3 is 1. The second kappa shape index (κ2) is 6.06.